The predicted molar refractivity (Wildman–Crippen MR) is 117 cm³/mol. The van der Waals surface area contributed by atoms with E-state index in [0.717, 1.165) is 37.8 Å². The molecule has 2 bridgehead atoms. The van der Waals surface area contributed by atoms with Crippen LogP contribution in [0.15, 0.2) is 24.3 Å². The van der Waals surface area contributed by atoms with E-state index >= 15 is 0 Å². The van der Waals surface area contributed by atoms with Crippen molar-refractivity contribution in [3.8, 4) is 0 Å². The molecule has 0 aromatic heterocycles. The van der Waals surface area contributed by atoms with Crippen LogP contribution >= 0.6 is 12.4 Å². The van der Waals surface area contributed by atoms with Crippen LogP contribution in [0.5, 0.6) is 0 Å². The minimum Gasteiger partial charge on any atom is -0.389 e. The van der Waals surface area contributed by atoms with Gasteiger partial charge in [0, 0.05) is 38.4 Å². The van der Waals surface area contributed by atoms with Crippen LogP contribution in [0.25, 0.3) is 0 Å². The van der Waals surface area contributed by atoms with Gasteiger partial charge in [-0.2, -0.15) is 0 Å². The Morgan fingerprint density at radius 3 is 2.38 bits per heavy atom. The summed E-state index contributed by atoms with van der Waals surface area (Å²) >= 11 is 0. The fourth-order valence-electron chi connectivity index (χ4n) is 6.07. The van der Waals surface area contributed by atoms with Gasteiger partial charge in [0.05, 0.1) is 18.8 Å². The van der Waals surface area contributed by atoms with E-state index in [2.05, 4.69) is 30.6 Å². The van der Waals surface area contributed by atoms with E-state index in [0.29, 0.717) is 13.2 Å². The third-order valence-electron chi connectivity index (χ3n) is 7.63. The second-order valence-electron chi connectivity index (χ2n) is 10.0. The number of hydrogen-bond acceptors (Lipinski definition) is 4. The number of fused-ring (bicyclic) bond motifs is 2. The number of nitrogens with zero attached hydrogens (tertiary/aromatic N) is 2. The predicted octanol–water partition coefficient (Wildman–Crippen LogP) is 3.96. The summed E-state index contributed by atoms with van der Waals surface area (Å²) in [6.45, 7) is 11.7. The standard InChI is InChI=1S/C23H35FN2O2.ClH/c1-22(2)17-8-9-23(3,14-17)21(22)28-16-20(27)15-25-10-12-26(13-11-25)19-6-4-18(24)5-7-19;/h4-7,17,20-21,27H,8-16H2,1-3H3;1H. The number of β-amino-alcohol motifs (C(OH)–C–C–N with tert-alkyl or cyclic N) is 1. The van der Waals surface area contributed by atoms with E-state index in [1.807, 2.05) is 12.1 Å². The Kier molecular flexibility index (Phi) is 6.84. The Morgan fingerprint density at radius 2 is 1.79 bits per heavy atom. The summed E-state index contributed by atoms with van der Waals surface area (Å²) in [6, 6.07) is 6.71. The topological polar surface area (TPSA) is 35.9 Å². The lowest BCUT2D eigenvalue weighted by Gasteiger charge is -2.43. The fraction of sp³-hybridized carbons (Fsp3) is 0.739. The number of ether oxygens (including phenoxy) is 1. The first kappa shape index (κ1) is 22.8. The molecule has 3 aliphatic rings. The minimum atomic E-state index is -0.448. The highest BCUT2D eigenvalue weighted by molar-refractivity contribution is 5.85. The van der Waals surface area contributed by atoms with Gasteiger partial charge in [0.1, 0.15) is 5.82 Å². The zero-order valence-corrected chi connectivity index (χ0v) is 18.8. The maximum atomic E-state index is 13.1. The Bertz CT molecular complexity index is 673. The minimum absolute atomic E-state index is 0. The van der Waals surface area contributed by atoms with Crippen molar-refractivity contribution < 1.29 is 14.2 Å². The summed E-state index contributed by atoms with van der Waals surface area (Å²) in [4.78, 5) is 4.58. The zero-order valence-electron chi connectivity index (χ0n) is 17.9. The SMILES string of the molecule is CC12CCC(C1)C(C)(C)C2OCC(O)CN1CCN(c2ccc(F)cc2)CC1.Cl. The molecule has 164 valence electrons. The van der Waals surface area contributed by atoms with Crippen LogP contribution in [0.3, 0.4) is 0 Å². The molecule has 0 radical (unpaired) electrons. The molecule has 2 aliphatic carbocycles. The molecule has 4 rings (SSSR count). The number of hydrogen-bond donors (Lipinski definition) is 1. The van der Waals surface area contributed by atoms with Crippen molar-refractivity contribution >= 4 is 18.1 Å². The van der Waals surface area contributed by atoms with Crippen LogP contribution in [-0.2, 0) is 4.74 Å². The highest BCUT2D eigenvalue weighted by Crippen LogP contribution is 2.63. The first-order valence-corrected chi connectivity index (χ1v) is 10.8. The van der Waals surface area contributed by atoms with Gasteiger partial charge in [-0.05, 0) is 60.3 Å². The molecule has 4 unspecified atom stereocenters. The number of halogens is 2. The normalized spacial score (nSPS) is 32.2. The van der Waals surface area contributed by atoms with Crippen LogP contribution in [0.2, 0.25) is 0 Å². The molecule has 1 aromatic carbocycles. The van der Waals surface area contributed by atoms with E-state index < -0.39 is 6.10 Å². The van der Waals surface area contributed by atoms with Gasteiger partial charge in [0.2, 0.25) is 0 Å². The van der Waals surface area contributed by atoms with E-state index in [1.54, 1.807) is 0 Å². The van der Waals surface area contributed by atoms with Gasteiger partial charge in [0.15, 0.2) is 0 Å². The van der Waals surface area contributed by atoms with Crippen molar-refractivity contribution in [3.63, 3.8) is 0 Å². The molecule has 1 saturated heterocycles. The second-order valence-corrected chi connectivity index (χ2v) is 10.0. The van der Waals surface area contributed by atoms with Gasteiger partial charge in [-0.1, -0.05) is 20.8 Å². The molecule has 0 spiro atoms. The quantitative estimate of drug-likeness (QED) is 0.746. The molecule has 4 nitrogen and oxygen atoms in total. The third kappa shape index (κ3) is 4.58. The number of benzene rings is 1. The monoisotopic (exact) mass is 426 g/mol. The smallest absolute Gasteiger partial charge is 0.123 e. The number of aliphatic hydroxyl groups is 1. The Labute approximate surface area is 180 Å². The molecular formula is C23H36ClFN2O2. The summed E-state index contributed by atoms with van der Waals surface area (Å²) in [7, 11) is 0. The number of anilines is 1. The van der Waals surface area contributed by atoms with Gasteiger partial charge < -0.3 is 14.7 Å². The van der Waals surface area contributed by atoms with Crippen molar-refractivity contribution in [1.29, 1.82) is 0 Å². The van der Waals surface area contributed by atoms with Crippen molar-refractivity contribution in [3.05, 3.63) is 30.1 Å². The Balaban J connectivity index is 0.00000240. The summed E-state index contributed by atoms with van der Waals surface area (Å²) in [5.41, 5.74) is 1.57. The van der Waals surface area contributed by atoms with Crippen LogP contribution in [0, 0.1) is 22.6 Å². The molecule has 29 heavy (non-hydrogen) atoms. The van der Waals surface area contributed by atoms with Crippen LogP contribution < -0.4 is 4.90 Å². The van der Waals surface area contributed by atoms with E-state index in [-0.39, 0.29) is 35.2 Å². The lowest BCUT2D eigenvalue weighted by atomic mass is 9.70. The Hall–Kier alpha value is -0.880. The summed E-state index contributed by atoms with van der Waals surface area (Å²) in [5, 5.41) is 10.6. The molecule has 1 N–H and O–H groups in total. The summed E-state index contributed by atoms with van der Waals surface area (Å²) in [5.74, 6) is 0.567. The molecular weight excluding hydrogens is 391 g/mol. The zero-order chi connectivity index (χ0) is 19.9. The number of piperazine rings is 1. The molecule has 0 amide bonds. The second kappa shape index (κ2) is 8.70. The Morgan fingerprint density at radius 1 is 1.14 bits per heavy atom. The first-order valence-electron chi connectivity index (χ1n) is 10.8. The lowest BCUT2D eigenvalue weighted by molar-refractivity contribution is -0.113. The first-order chi connectivity index (χ1) is 13.3. The van der Waals surface area contributed by atoms with Gasteiger partial charge >= 0.3 is 0 Å². The van der Waals surface area contributed by atoms with Gasteiger partial charge in [0.25, 0.3) is 0 Å². The lowest BCUT2D eigenvalue weighted by Crippen LogP contribution is -2.50. The van der Waals surface area contributed by atoms with Crippen LogP contribution in [0.1, 0.15) is 40.0 Å². The van der Waals surface area contributed by atoms with Crippen LogP contribution in [0.4, 0.5) is 10.1 Å². The molecule has 1 aliphatic heterocycles. The molecule has 1 heterocycles. The maximum Gasteiger partial charge on any atom is 0.123 e. The largest absolute Gasteiger partial charge is 0.389 e. The molecule has 1 aromatic rings. The highest BCUT2D eigenvalue weighted by atomic mass is 35.5. The molecule has 6 heteroatoms. The summed E-state index contributed by atoms with van der Waals surface area (Å²) in [6.07, 6.45) is 3.66. The van der Waals surface area contributed by atoms with Gasteiger partial charge in [-0.25, -0.2) is 4.39 Å². The fourth-order valence-corrected chi connectivity index (χ4v) is 6.07. The van der Waals surface area contributed by atoms with E-state index in [9.17, 15) is 9.50 Å². The highest BCUT2D eigenvalue weighted by Gasteiger charge is 2.60. The number of rotatable bonds is 6. The van der Waals surface area contributed by atoms with Crippen molar-refractivity contribution in [1.82, 2.24) is 4.90 Å². The molecule has 2 saturated carbocycles. The maximum absolute atomic E-state index is 13.1. The van der Waals surface area contributed by atoms with Gasteiger partial charge in [-0.3, -0.25) is 4.90 Å². The van der Waals surface area contributed by atoms with Crippen LogP contribution in [-0.4, -0.2) is 61.5 Å². The van der Waals surface area contributed by atoms with E-state index in [1.165, 1.54) is 31.4 Å². The van der Waals surface area contributed by atoms with Crippen molar-refractivity contribution in [2.75, 3.05) is 44.2 Å². The average Bonchev–Trinajstić information content (AvgIpc) is 3.14. The van der Waals surface area contributed by atoms with Crippen molar-refractivity contribution in [2.45, 2.75) is 52.2 Å². The van der Waals surface area contributed by atoms with E-state index in [4.69, 9.17) is 4.74 Å². The number of aliphatic hydroxyl groups excluding tert-OH is 1. The molecule has 4 atom stereocenters. The average molecular weight is 427 g/mol. The van der Waals surface area contributed by atoms with Crippen molar-refractivity contribution in [2.24, 2.45) is 16.7 Å². The molecule has 3 fully saturated rings. The summed E-state index contributed by atoms with van der Waals surface area (Å²) < 4.78 is 19.4. The van der Waals surface area contributed by atoms with Gasteiger partial charge in [-0.15, -0.1) is 12.4 Å². The third-order valence-corrected chi connectivity index (χ3v) is 7.63.